The van der Waals surface area contributed by atoms with Gasteiger partial charge in [0.25, 0.3) is 5.89 Å². The van der Waals surface area contributed by atoms with Crippen LogP contribution in [0.2, 0.25) is 10.2 Å². The summed E-state index contributed by atoms with van der Waals surface area (Å²) in [5.41, 5.74) is 1.21. The zero-order chi connectivity index (χ0) is 10.1. The first-order chi connectivity index (χ1) is 6.68. The molecule has 0 aliphatic carbocycles. The highest BCUT2D eigenvalue weighted by Crippen LogP contribution is 2.32. The summed E-state index contributed by atoms with van der Waals surface area (Å²) in [6.07, 6.45) is 1.21. The number of pyridine rings is 1. The van der Waals surface area contributed by atoms with Crippen LogP contribution in [0, 0.1) is 6.92 Å². The Hall–Kier alpha value is -1.13. The van der Waals surface area contributed by atoms with Crippen LogP contribution in [0.1, 0.15) is 5.69 Å². The third kappa shape index (κ3) is 1.58. The molecule has 0 saturated carbocycles. The molecule has 14 heavy (non-hydrogen) atoms. The van der Waals surface area contributed by atoms with Crippen LogP contribution in [-0.4, -0.2) is 15.2 Å². The molecule has 0 aromatic carbocycles. The summed E-state index contributed by atoms with van der Waals surface area (Å²) in [4.78, 5) is 4.04. The van der Waals surface area contributed by atoms with E-state index in [9.17, 15) is 0 Å². The number of aryl methyl sites for hydroxylation is 1. The highest BCUT2D eigenvalue weighted by atomic mass is 35.5. The first kappa shape index (κ1) is 9.43. The maximum absolute atomic E-state index is 5.97. The molecule has 4 nitrogen and oxygen atoms in total. The van der Waals surface area contributed by atoms with Gasteiger partial charge in [-0.15, -0.1) is 10.2 Å². The molecular weight excluding hydrogens is 225 g/mol. The molecule has 2 rings (SSSR count). The summed E-state index contributed by atoms with van der Waals surface area (Å²) in [7, 11) is 0. The van der Waals surface area contributed by atoms with Gasteiger partial charge in [-0.05, 0) is 13.0 Å². The molecule has 0 atom stereocenters. The summed E-state index contributed by atoms with van der Waals surface area (Å²) in [6, 6.07) is 1.69. The maximum Gasteiger partial charge on any atom is 0.252 e. The van der Waals surface area contributed by atoms with Gasteiger partial charge in [0.05, 0.1) is 10.6 Å². The SMILES string of the molecule is Cc1cc(Cl)c(-c2nnco2)c(Cl)n1. The third-order valence-electron chi connectivity index (χ3n) is 1.63. The van der Waals surface area contributed by atoms with Crippen LogP contribution in [-0.2, 0) is 0 Å². The van der Waals surface area contributed by atoms with Crippen molar-refractivity contribution in [1.82, 2.24) is 15.2 Å². The van der Waals surface area contributed by atoms with Crippen LogP contribution in [0.3, 0.4) is 0 Å². The van der Waals surface area contributed by atoms with E-state index in [2.05, 4.69) is 15.2 Å². The molecule has 0 amide bonds. The van der Waals surface area contributed by atoms with Crippen molar-refractivity contribution in [2.75, 3.05) is 0 Å². The molecule has 0 N–H and O–H groups in total. The number of halogens is 2. The lowest BCUT2D eigenvalue weighted by molar-refractivity contribution is 0.568. The normalized spacial score (nSPS) is 10.5. The summed E-state index contributed by atoms with van der Waals surface area (Å²) in [5.74, 6) is 0.271. The maximum atomic E-state index is 5.97. The van der Waals surface area contributed by atoms with Gasteiger partial charge < -0.3 is 4.42 Å². The Morgan fingerprint density at radius 3 is 2.71 bits per heavy atom. The summed E-state index contributed by atoms with van der Waals surface area (Å²) in [6.45, 7) is 1.80. The number of hydrogen-bond acceptors (Lipinski definition) is 4. The smallest absolute Gasteiger partial charge is 0.252 e. The summed E-state index contributed by atoms with van der Waals surface area (Å²) in [5, 5.41) is 7.97. The molecule has 6 heteroatoms. The van der Waals surface area contributed by atoms with Gasteiger partial charge in [-0.1, -0.05) is 23.2 Å². The average molecular weight is 230 g/mol. The summed E-state index contributed by atoms with van der Waals surface area (Å²) < 4.78 is 4.99. The van der Waals surface area contributed by atoms with Gasteiger partial charge in [0.2, 0.25) is 6.39 Å². The Kier molecular flexibility index (Phi) is 2.39. The van der Waals surface area contributed by atoms with Crippen molar-refractivity contribution in [1.29, 1.82) is 0 Å². The number of nitrogens with zero attached hydrogens (tertiary/aromatic N) is 3. The molecule has 2 heterocycles. The standard InChI is InChI=1S/C8H5Cl2N3O/c1-4-2-5(9)6(7(10)12-4)8-13-11-3-14-8/h2-3H,1H3. The fourth-order valence-corrected chi connectivity index (χ4v) is 1.76. The van der Waals surface area contributed by atoms with E-state index in [0.29, 0.717) is 10.6 Å². The summed E-state index contributed by atoms with van der Waals surface area (Å²) >= 11 is 11.9. The Morgan fingerprint density at radius 1 is 1.36 bits per heavy atom. The fraction of sp³-hybridized carbons (Fsp3) is 0.125. The molecule has 2 aromatic rings. The van der Waals surface area contributed by atoms with E-state index in [1.165, 1.54) is 6.39 Å². The Balaban J connectivity index is 2.64. The predicted molar refractivity (Wildman–Crippen MR) is 52.3 cm³/mol. The minimum absolute atomic E-state index is 0.263. The molecule has 0 spiro atoms. The van der Waals surface area contributed by atoms with E-state index in [-0.39, 0.29) is 11.0 Å². The van der Waals surface area contributed by atoms with Crippen molar-refractivity contribution in [2.45, 2.75) is 6.92 Å². The third-order valence-corrected chi connectivity index (χ3v) is 2.20. The molecule has 0 fully saturated rings. The zero-order valence-corrected chi connectivity index (χ0v) is 8.67. The number of rotatable bonds is 1. The van der Waals surface area contributed by atoms with Crippen LogP contribution in [0.15, 0.2) is 16.9 Å². The van der Waals surface area contributed by atoms with Gasteiger partial charge in [-0.25, -0.2) is 4.98 Å². The van der Waals surface area contributed by atoms with Crippen molar-refractivity contribution in [3.8, 4) is 11.5 Å². The molecule has 72 valence electrons. The Labute approximate surface area is 89.9 Å². The van der Waals surface area contributed by atoms with Crippen molar-refractivity contribution in [3.63, 3.8) is 0 Å². The minimum Gasteiger partial charge on any atom is -0.423 e. The number of hydrogen-bond donors (Lipinski definition) is 0. The van der Waals surface area contributed by atoms with Crippen molar-refractivity contribution < 1.29 is 4.42 Å². The highest BCUT2D eigenvalue weighted by molar-refractivity contribution is 6.38. The monoisotopic (exact) mass is 229 g/mol. The van der Waals surface area contributed by atoms with Crippen LogP contribution in [0.4, 0.5) is 0 Å². The predicted octanol–water partition coefficient (Wildman–Crippen LogP) is 2.75. The van der Waals surface area contributed by atoms with E-state index in [1.54, 1.807) is 13.0 Å². The molecule has 0 unspecified atom stereocenters. The molecule has 0 aliphatic heterocycles. The second-order valence-corrected chi connectivity index (χ2v) is 3.42. The number of aromatic nitrogens is 3. The molecule has 0 saturated heterocycles. The Morgan fingerprint density at radius 2 is 2.14 bits per heavy atom. The van der Waals surface area contributed by atoms with E-state index in [0.717, 1.165) is 5.69 Å². The minimum atomic E-state index is 0.263. The molecule has 0 radical (unpaired) electrons. The molecule has 0 bridgehead atoms. The lowest BCUT2D eigenvalue weighted by Gasteiger charge is -2.02. The highest BCUT2D eigenvalue weighted by Gasteiger charge is 2.14. The second-order valence-electron chi connectivity index (χ2n) is 2.66. The van der Waals surface area contributed by atoms with E-state index in [1.807, 2.05) is 0 Å². The van der Waals surface area contributed by atoms with Crippen LogP contribution < -0.4 is 0 Å². The second kappa shape index (κ2) is 3.55. The molecule has 2 aromatic heterocycles. The topological polar surface area (TPSA) is 51.8 Å². The zero-order valence-electron chi connectivity index (χ0n) is 7.16. The van der Waals surface area contributed by atoms with Crippen molar-refractivity contribution in [2.24, 2.45) is 0 Å². The van der Waals surface area contributed by atoms with E-state index < -0.39 is 0 Å². The van der Waals surface area contributed by atoms with Gasteiger partial charge in [-0.3, -0.25) is 0 Å². The quantitative estimate of drug-likeness (QED) is 0.706. The van der Waals surface area contributed by atoms with Gasteiger partial charge in [0.15, 0.2) is 0 Å². The molecular formula is C8H5Cl2N3O. The van der Waals surface area contributed by atoms with E-state index >= 15 is 0 Å². The first-order valence-corrected chi connectivity index (χ1v) is 4.53. The lowest BCUT2D eigenvalue weighted by atomic mass is 10.2. The van der Waals surface area contributed by atoms with Gasteiger partial charge >= 0.3 is 0 Å². The van der Waals surface area contributed by atoms with Gasteiger partial charge in [-0.2, -0.15) is 0 Å². The molecule has 0 aliphatic rings. The lowest BCUT2D eigenvalue weighted by Crippen LogP contribution is -1.88. The Bertz CT molecular complexity index is 433. The first-order valence-electron chi connectivity index (χ1n) is 3.77. The average Bonchev–Trinajstić information content (AvgIpc) is 2.54. The van der Waals surface area contributed by atoms with Crippen molar-refractivity contribution >= 4 is 23.2 Å². The van der Waals surface area contributed by atoms with Gasteiger partial charge in [0, 0.05) is 5.69 Å². The van der Waals surface area contributed by atoms with Crippen LogP contribution >= 0.6 is 23.2 Å². The van der Waals surface area contributed by atoms with Gasteiger partial charge in [0.1, 0.15) is 5.15 Å². The van der Waals surface area contributed by atoms with E-state index in [4.69, 9.17) is 27.6 Å². The van der Waals surface area contributed by atoms with Crippen LogP contribution in [0.25, 0.3) is 11.5 Å². The van der Waals surface area contributed by atoms with Crippen LogP contribution in [0.5, 0.6) is 0 Å². The van der Waals surface area contributed by atoms with Crippen molar-refractivity contribution in [3.05, 3.63) is 28.3 Å². The largest absolute Gasteiger partial charge is 0.423 e. The fourth-order valence-electron chi connectivity index (χ4n) is 1.07.